The van der Waals surface area contributed by atoms with E-state index in [4.69, 9.17) is 0 Å². The van der Waals surface area contributed by atoms with Gasteiger partial charge in [-0.25, -0.2) is 17.5 Å². The Morgan fingerprint density at radius 3 is 2.44 bits per heavy atom. The van der Waals surface area contributed by atoms with Gasteiger partial charge in [0.2, 0.25) is 0 Å². The molecule has 0 N–H and O–H groups in total. The Balaban J connectivity index is 2.62. The van der Waals surface area contributed by atoms with Gasteiger partial charge in [0.25, 0.3) is 15.1 Å². The van der Waals surface area contributed by atoms with E-state index in [1.807, 2.05) is 0 Å². The molecule has 0 atom stereocenters. The molecule has 25 heavy (non-hydrogen) atoms. The molecular formula is C13H10F3NO6S2. The number of benzene rings is 1. The van der Waals surface area contributed by atoms with Gasteiger partial charge in [-0.3, -0.25) is 9.59 Å². The molecule has 1 aliphatic heterocycles. The van der Waals surface area contributed by atoms with Crippen LogP contribution in [0.2, 0.25) is 0 Å². The van der Waals surface area contributed by atoms with Crippen LogP contribution in [0.25, 0.3) is 0 Å². The van der Waals surface area contributed by atoms with E-state index in [0.29, 0.717) is 30.0 Å². The average molecular weight is 397 g/mol. The Morgan fingerprint density at radius 1 is 1.24 bits per heavy atom. The predicted molar refractivity (Wildman–Crippen MR) is 79.1 cm³/mol. The van der Waals surface area contributed by atoms with Crippen LogP contribution in [0.4, 0.5) is 13.2 Å². The molecule has 0 saturated carbocycles. The van der Waals surface area contributed by atoms with Crippen LogP contribution in [0.15, 0.2) is 23.1 Å². The van der Waals surface area contributed by atoms with Gasteiger partial charge in [-0.05, 0) is 18.2 Å². The highest BCUT2D eigenvalue weighted by molar-refractivity contribution is 8.15. The quantitative estimate of drug-likeness (QED) is 0.560. The summed E-state index contributed by atoms with van der Waals surface area (Å²) >= 11 is 0.612. The fourth-order valence-corrected chi connectivity index (χ4v) is 4.30. The van der Waals surface area contributed by atoms with Crippen molar-refractivity contribution in [2.24, 2.45) is 0 Å². The summed E-state index contributed by atoms with van der Waals surface area (Å²) in [6.07, 6.45) is -4.94. The fraction of sp³-hybridized carbons (Fsp3) is 0.308. The van der Waals surface area contributed by atoms with Crippen LogP contribution in [-0.2, 0) is 30.5 Å². The lowest BCUT2D eigenvalue weighted by Crippen LogP contribution is -2.45. The van der Waals surface area contributed by atoms with E-state index in [1.165, 1.54) is 0 Å². The van der Waals surface area contributed by atoms with Crippen molar-refractivity contribution in [2.75, 3.05) is 19.4 Å². The van der Waals surface area contributed by atoms with Gasteiger partial charge in [0.05, 0.1) is 23.1 Å². The van der Waals surface area contributed by atoms with Crippen LogP contribution < -0.4 is 0 Å². The summed E-state index contributed by atoms with van der Waals surface area (Å²) in [5.74, 6) is -2.56. The number of methoxy groups -OCH3 is 1. The second kappa shape index (κ2) is 6.67. The first-order valence-corrected chi connectivity index (χ1v) is 8.95. The van der Waals surface area contributed by atoms with Crippen molar-refractivity contribution in [2.45, 2.75) is 11.1 Å². The van der Waals surface area contributed by atoms with Crippen LogP contribution in [0.1, 0.15) is 15.9 Å². The number of carbonyl (C=O) groups excluding carboxylic acids is 3. The van der Waals surface area contributed by atoms with E-state index in [1.54, 1.807) is 0 Å². The molecule has 1 aromatic carbocycles. The number of rotatable bonds is 3. The molecule has 2 rings (SSSR count). The highest BCUT2D eigenvalue weighted by Gasteiger charge is 2.39. The van der Waals surface area contributed by atoms with Gasteiger partial charge >= 0.3 is 18.1 Å². The third-order valence-electron chi connectivity index (χ3n) is 3.17. The Kier molecular flexibility index (Phi) is 5.14. The lowest BCUT2D eigenvalue weighted by Gasteiger charge is -2.25. The molecule has 1 amide bonds. The van der Waals surface area contributed by atoms with Crippen molar-refractivity contribution in [1.29, 1.82) is 0 Å². The van der Waals surface area contributed by atoms with Gasteiger partial charge in [0.15, 0.2) is 0 Å². The molecule has 136 valence electrons. The maximum Gasteiger partial charge on any atom is 0.416 e. The van der Waals surface area contributed by atoms with Crippen molar-refractivity contribution >= 4 is 38.8 Å². The molecule has 0 bridgehead atoms. The smallest absolute Gasteiger partial charge is 0.416 e. The molecular weight excluding hydrogens is 387 g/mol. The molecule has 1 aliphatic rings. The van der Waals surface area contributed by atoms with E-state index in [2.05, 4.69) is 4.74 Å². The predicted octanol–water partition coefficient (Wildman–Crippen LogP) is 1.28. The Labute approximate surface area is 144 Å². The third-order valence-corrected chi connectivity index (χ3v) is 5.76. The maximum atomic E-state index is 13.0. The van der Waals surface area contributed by atoms with E-state index in [9.17, 15) is 36.0 Å². The van der Waals surface area contributed by atoms with E-state index < -0.39 is 49.2 Å². The topological polar surface area (TPSA) is 97.8 Å². The fourth-order valence-electron chi connectivity index (χ4n) is 1.99. The van der Waals surface area contributed by atoms with Gasteiger partial charge in [-0.1, -0.05) is 11.8 Å². The minimum atomic E-state index is -4.94. The number of amides is 1. The number of nitrogens with zero attached hydrogens (tertiary/aromatic N) is 1. The maximum absolute atomic E-state index is 13.0. The molecule has 0 aromatic heterocycles. The van der Waals surface area contributed by atoms with Gasteiger partial charge in [-0.2, -0.15) is 13.2 Å². The summed E-state index contributed by atoms with van der Waals surface area (Å²) in [5, 5.41) is -1.03. The zero-order chi connectivity index (χ0) is 19.0. The Morgan fingerprint density at radius 2 is 1.88 bits per heavy atom. The van der Waals surface area contributed by atoms with Crippen LogP contribution in [0.3, 0.4) is 0 Å². The van der Waals surface area contributed by atoms with Crippen LogP contribution in [0.5, 0.6) is 0 Å². The number of esters is 1. The van der Waals surface area contributed by atoms with Gasteiger partial charge in [0, 0.05) is 12.3 Å². The number of carbonyl (C=O) groups is 3. The van der Waals surface area contributed by atoms with E-state index in [0.717, 1.165) is 7.11 Å². The first-order valence-electron chi connectivity index (χ1n) is 6.53. The van der Waals surface area contributed by atoms with Crippen molar-refractivity contribution < 1.29 is 40.7 Å². The summed E-state index contributed by atoms with van der Waals surface area (Å²) in [6, 6.07) is 1.39. The number of halogens is 3. The molecule has 1 fully saturated rings. The molecule has 12 heteroatoms. The monoisotopic (exact) mass is 397 g/mol. The number of sulfonamides is 1. The zero-order valence-corrected chi connectivity index (χ0v) is 14.1. The Hall–Kier alpha value is -2.08. The van der Waals surface area contributed by atoms with Gasteiger partial charge in [0.1, 0.15) is 0 Å². The average Bonchev–Trinajstić information content (AvgIpc) is 2.55. The minimum Gasteiger partial charge on any atom is -0.465 e. The summed E-state index contributed by atoms with van der Waals surface area (Å²) < 4.78 is 68.5. The molecule has 1 aromatic rings. The summed E-state index contributed by atoms with van der Waals surface area (Å²) in [6.45, 7) is -0.374. The molecule has 1 saturated heterocycles. The molecule has 1 heterocycles. The summed E-state index contributed by atoms with van der Waals surface area (Å²) in [7, 11) is -3.83. The second-order valence-corrected chi connectivity index (χ2v) is 7.68. The standard InChI is InChI=1S/C13H10F3NO6S2/c1-23-11(19)7-4-8(13(14,15)16)6-9(5-7)25(21,22)17-2-3-24-12(20)10(17)18/h4-6H,2-3H2,1H3. The highest BCUT2D eigenvalue weighted by atomic mass is 32.2. The molecule has 0 unspecified atom stereocenters. The van der Waals surface area contributed by atoms with Crippen LogP contribution >= 0.6 is 11.8 Å². The Bertz CT molecular complexity index is 850. The number of ether oxygens (including phenoxy) is 1. The molecule has 0 spiro atoms. The SMILES string of the molecule is COC(=O)c1cc(C(F)(F)F)cc(S(=O)(=O)N2CCSC(=O)C2=O)c1. The third kappa shape index (κ3) is 3.79. The summed E-state index contributed by atoms with van der Waals surface area (Å²) in [4.78, 5) is 33.8. The number of hydrogen-bond acceptors (Lipinski definition) is 7. The van der Waals surface area contributed by atoms with Crippen molar-refractivity contribution in [3.8, 4) is 0 Å². The second-order valence-electron chi connectivity index (χ2n) is 4.75. The van der Waals surface area contributed by atoms with Crippen LogP contribution in [-0.4, -0.2) is 49.1 Å². The first kappa shape index (κ1) is 19.2. The summed E-state index contributed by atoms with van der Waals surface area (Å²) in [5.41, 5.74) is -2.06. The normalized spacial score (nSPS) is 16.1. The number of thioether (sulfide) groups is 1. The van der Waals surface area contributed by atoms with E-state index >= 15 is 0 Å². The first-order chi connectivity index (χ1) is 11.5. The zero-order valence-electron chi connectivity index (χ0n) is 12.5. The largest absolute Gasteiger partial charge is 0.465 e. The number of hydrogen-bond donors (Lipinski definition) is 0. The van der Waals surface area contributed by atoms with Gasteiger partial charge in [-0.15, -0.1) is 0 Å². The number of alkyl halides is 3. The molecule has 7 nitrogen and oxygen atoms in total. The van der Waals surface area contributed by atoms with Crippen LogP contribution in [0, 0.1) is 0 Å². The van der Waals surface area contributed by atoms with Gasteiger partial charge < -0.3 is 4.74 Å². The lowest BCUT2D eigenvalue weighted by molar-refractivity contribution is -0.137. The molecule has 0 radical (unpaired) electrons. The van der Waals surface area contributed by atoms with Crippen molar-refractivity contribution in [1.82, 2.24) is 4.31 Å². The minimum absolute atomic E-state index is 0.0212. The van der Waals surface area contributed by atoms with Crippen molar-refractivity contribution in [3.05, 3.63) is 29.3 Å². The van der Waals surface area contributed by atoms with E-state index in [-0.39, 0.29) is 16.6 Å². The molecule has 0 aliphatic carbocycles. The highest BCUT2D eigenvalue weighted by Crippen LogP contribution is 2.33. The lowest BCUT2D eigenvalue weighted by atomic mass is 10.1. The van der Waals surface area contributed by atoms with Crippen molar-refractivity contribution in [3.63, 3.8) is 0 Å².